The first-order valence-corrected chi connectivity index (χ1v) is 10.8. The van der Waals surface area contributed by atoms with Gasteiger partial charge in [-0.2, -0.15) is 0 Å². The summed E-state index contributed by atoms with van der Waals surface area (Å²) in [6.07, 6.45) is 3.06. The number of pyridine rings is 1. The quantitative estimate of drug-likeness (QED) is 0.734. The first kappa shape index (κ1) is 20.8. The molecule has 0 saturated carbocycles. The molecule has 0 radical (unpaired) electrons. The van der Waals surface area contributed by atoms with Crippen molar-refractivity contribution < 1.29 is 9.18 Å². The number of carbonyl (C=O) groups is 1. The SMILES string of the molecule is CN(C)C[C@H]1[C@H]2C[C@H](CN(C(=O)CCCc3ccc(F)cc3)C2)c2cccc(=O)n21. The van der Waals surface area contributed by atoms with Crippen molar-refractivity contribution in [3.63, 3.8) is 0 Å². The summed E-state index contributed by atoms with van der Waals surface area (Å²) in [6.45, 7) is 2.19. The largest absolute Gasteiger partial charge is 0.342 e. The van der Waals surface area contributed by atoms with Gasteiger partial charge in [0.2, 0.25) is 5.91 Å². The molecule has 1 aromatic carbocycles. The Bertz CT molecular complexity index is 954. The van der Waals surface area contributed by atoms with Crippen molar-refractivity contribution in [3.8, 4) is 0 Å². The fourth-order valence-corrected chi connectivity index (χ4v) is 5.11. The maximum absolute atomic E-state index is 13.0. The number of likely N-dealkylation sites (N-methyl/N-ethyl adjacent to an activating group) is 1. The van der Waals surface area contributed by atoms with E-state index >= 15 is 0 Å². The van der Waals surface area contributed by atoms with Gasteiger partial charge in [0.05, 0.1) is 6.04 Å². The molecule has 2 aliphatic heterocycles. The Morgan fingerprint density at radius 3 is 2.63 bits per heavy atom. The molecule has 3 atom stereocenters. The van der Waals surface area contributed by atoms with Crippen LogP contribution in [0.2, 0.25) is 0 Å². The van der Waals surface area contributed by atoms with Crippen LogP contribution in [0, 0.1) is 11.7 Å². The van der Waals surface area contributed by atoms with E-state index < -0.39 is 0 Å². The van der Waals surface area contributed by atoms with E-state index in [4.69, 9.17) is 0 Å². The van der Waals surface area contributed by atoms with Crippen molar-refractivity contribution in [1.29, 1.82) is 0 Å². The smallest absolute Gasteiger partial charge is 0.251 e. The Balaban J connectivity index is 1.45. The van der Waals surface area contributed by atoms with E-state index in [9.17, 15) is 14.0 Å². The summed E-state index contributed by atoms with van der Waals surface area (Å²) in [5.74, 6) is 0.459. The summed E-state index contributed by atoms with van der Waals surface area (Å²) in [5, 5.41) is 0. The molecule has 5 nitrogen and oxygen atoms in total. The van der Waals surface area contributed by atoms with E-state index in [0.717, 1.165) is 37.1 Å². The number of hydrogen-bond donors (Lipinski definition) is 0. The van der Waals surface area contributed by atoms with Crippen LogP contribution in [0.5, 0.6) is 0 Å². The third-order valence-electron chi connectivity index (χ3n) is 6.47. The van der Waals surface area contributed by atoms with Gasteiger partial charge >= 0.3 is 0 Å². The van der Waals surface area contributed by atoms with Crippen molar-refractivity contribution >= 4 is 5.91 Å². The fraction of sp³-hybridized carbons (Fsp3) is 0.500. The molecule has 1 amide bonds. The van der Waals surface area contributed by atoms with Gasteiger partial charge in [-0.3, -0.25) is 9.59 Å². The van der Waals surface area contributed by atoms with Crippen molar-refractivity contribution in [3.05, 3.63) is 69.9 Å². The third kappa shape index (κ3) is 4.33. The second kappa shape index (κ2) is 8.72. The number of piperidine rings is 1. The highest BCUT2D eigenvalue weighted by molar-refractivity contribution is 5.76. The average molecular weight is 412 g/mol. The molecule has 0 spiro atoms. The molecule has 1 aromatic heterocycles. The van der Waals surface area contributed by atoms with E-state index in [2.05, 4.69) is 4.90 Å². The summed E-state index contributed by atoms with van der Waals surface area (Å²) in [4.78, 5) is 29.7. The second-order valence-corrected chi connectivity index (χ2v) is 8.96. The molecular formula is C24H30FN3O2. The number of halogens is 1. The third-order valence-corrected chi connectivity index (χ3v) is 6.47. The van der Waals surface area contributed by atoms with Gasteiger partial charge in [0, 0.05) is 43.7 Å². The van der Waals surface area contributed by atoms with Crippen LogP contribution in [-0.4, -0.2) is 54.0 Å². The predicted octanol–water partition coefficient (Wildman–Crippen LogP) is 3.06. The van der Waals surface area contributed by atoms with Crippen molar-refractivity contribution in [2.75, 3.05) is 33.7 Å². The summed E-state index contributed by atoms with van der Waals surface area (Å²) in [5.41, 5.74) is 2.18. The minimum atomic E-state index is -0.235. The molecule has 0 N–H and O–H groups in total. The van der Waals surface area contributed by atoms with Crippen LogP contribution in [0.15, 0.2) is 47.3 Å². The molecule has 6 heteroatoms. The number of benzene rings is 1. The van der Waals surface area contributed by atoms with E-state index in [1.165, 1.54) is 12.1 Å². The topological polar surface area (TPSA) is 45.6 Å². The van der Waals surface area contributed by atoms with Gasteiger partial charge in [-0.05, 0) is 63.0 Å². The lowest BCUT2D eigenvalue weighted by Gasteiger charge is -2.47. The minimum absolute atomic E-state index is 0.0631. The molecule has 2 aliphatic rings. The molecule has 0 aliphatic carbocycles. The Labute approximate surface area is 177 Å². The minimum Gasteiger partial charge on any atom is -0.342 e. The Morgan fingerprint density at radius 1 is 1.13 bits per heavy atom. The molecule has 0 unspecified atom stereocenters. The van der Waals surface area contributed by atoms with Gasteiger partial charge in [0.1, 0.15) is 5.82 Å². The van der Waals surface area contributed by atoms with Gasteiger partial charge < -0.3 is 14.4 Å². The van der Waals surface area contributed by atoms with E-state index in [-0.39, 0.29) is 29.2 Å². The summed E-state index contributed by atoms with van der Waals surface area (Å²) in [7, 11) is 4.06. The number of carbonyl (C=O) groups excluding carboxylic acids is 1. The molecule has 4 rings (SSSR count). The Morgan fingerprint density at radius 2 is 1.90 bits per heavy atom. The predicted molar refractivity (Wildman–Crippen MR) is 115 cm³/mol. The molecule has 3 heterocycles. The summed E-state index contributed by atoms with van der Waals surface area (Å²) < 4.78 is 15.0. The van der Waals surface area contributed by atoms with Crippen molar-refractivity contribution in [1.82, 2.24) is 14.4 Å². The number of aromatic nitrogens is 1. The number of hydrogen-bond acceptors (Lipinski definition) is 3. The fourth-order valence-electron chi connectivity index (χ4n) is 5.11. The highest BCUT2D eigenvalue weighted by Gasteiger charge is 2.41. The average Bonchev–Trinajstić information content (AvgIpc) is 2.72. The summed E-state index contributed by atoms with van der Waals surface area (Å²) in [6, 6.07) is 12.1. The van der Waals surface area contributed by atoms with E-state index in [0.29, 0.717) is 25.4 Å². The Hall–Kier alpha value is -2.47. The van der Waals surface area contributed by atoms with Gasteiger partial charge in [0.15, 0.2) is 0 Å². The van der Waals surface area contributed by atoms with Crippen LogP contribution in [0.3, 0.4) is 0 Å². The maximum Gasteiger partial charge on any atom is 0.251 e. The monoisotopic (exact) mass is 411 g/mol. The lowest BCUT2D eigenvalue weighted by Crippen LogP contribution is -2.52. The van der Waals surface area contributed by atoms with Crippen LogP contribution in [-0.2, 0) is 11.2 Å². The van der Waals surface area contributed by atoms with Crippen molar-refractivity contribution in [2.24, 2.45) is 5.92 Å². The van der Waals surface area contributed by atoms with Gasteiger partial charge in [-0.25, -0.2) is 4.39 Å². The molecule has 30 heavy (non-hydrogen) atoms. The number of likely N-dealkylation sites (tertiary alicyclic amines) is 1. The van der Waals surface area contributed by atoms with Crippen LogP contribution >= 0.6 is 0 Å². The lowest BCUT2D eigenvalue weighted by atomic mass is 9.78. The van der Waals surface area contributed by atoms with E-state index in [1.807, 2.05) is 35.7 Å². The van der Waals surface area contributed by atoms with E-state index in [1.54, 1.807) is 18.2 Å². The zero-order chi connectivity index (χ0) is 21.3. The first-order chi connectivity index (χ1) is 14.4. The van der Waals surface area contributed by atoms with Gasteiger partial charge in [-0.15, -0.1) is 0 Å². The number of aryl methyl sites for hydroxylation is 1. The standard InChI is InChI=1S/C24H30FN3O2/c1-26(2)16-22-19-13-18(21-6-4-8-24(30)28(21)22)14-27(15-19)23(29)7-3-5-17-9-11-20(25)12-10-17/h4,6,8-12,18-19,22H,3,5,7,13-16H2,1-2H3/t18-,19+,22+/m1/s1. The lowest BCUT2D eigenvalue weighted by molar-refractivity contribution is -0.134. The van der Waals surface area contributed by atoms with Crippen molar-refractivity contribution in [2.45, 2.75) is 37.6 Å². The second-order valence-electron chi connectivity index (χ2n) is 8.96. The highest BCUT2D eigenvalue weighted by atomic mass is 19.1. The van der Waals surface area contributed by atoms with Crippen LogP contribution in [0.25, 0.3) is 0 Å². The molecule has 1 saturated heterocycles. The van der Waals surface area contributed by atoms with Crippen LogP contribution < -0.4 is 5.56 Å². The molecule has 160 valence electrons. The number of rotatable bonds is 6. The molecule has 2 aromatic rings. The zero-order valence-electron chi connectivity index (χ0n) is 17.8. The highest BCUT2D eigenvalue weighted by Crippen LogP contribution is 2.41. The number of fused-ring (bicyclic) bond motifs is 4. The maximum atomic E-state index is 13.0. The summed E-state index contributed by atoms with van der Waals surface area (Å²) >= 11 is 0. The number of nitrogens with zero attached hydrogens (tertiary/aromatic N) is 3. The van der Waals surface area contributed by atoms with Crippen LogP contribution in [0.4, 0.5) is 4.39 Å². The van der Waals surface area contributed by atoms with Crippen LogP contribution in [0.1, 0.15) is 42.5 Å². The van der Waals surface area contributed by atoms with Gasteiger partial charge in [0.25, 0.3) is 5.56 Å². The molecule has 1 fully saturated rings. The number of amides is 1. The first-order valence-electron chi connectivity index (χ1n) is 10.8. The normalized spacial score (nSPS) is 22.8. The molecule has 2 bridgehead atoms. The zero-order valence-corrected chi connectivity index (χ0v) is 17.8. The van der Waals surface area contributed by atoms with Gasteiger partial charge in [-0.1, -0.05) is 18.2 Å². The Kier molecular flexibility index (Phi) is 6.04. The molecular weight excluding hydrogens is 381 g/mol.